The first-order valence-electron chi connectivity index (χ1n) is 9.37. The molecule has 0 bridgehead atoms. The normalized spacial score (nSPS) is 25.1. The summed E-state index contributed by atoms with van der Waals surface area (Å²) >= 11 is 0. The fourth-order valence-corrected chi connectivity index (χ4v) is 3.88. The van der Waals surface area contributed by atoms with Crippen LogP contribution in [0.15, 0.2) is 24.3 Å². The quantitative estimate of drug-likeness (QED) is 0.812. The number of hydrogen-bond donors (Lipinski definition) is 1. The maximum Gasteiger partial charge on any atom is 0.307 e. The van der Waals surface area contributed by atoms with Crippen LogP contribution in [0.2, 0.25) is 0 Å². The Morgan fingerprint density at radius 3 is 2.46 bits per heavy atom. The molecule has 6 heteroatoms. The number of carbonyl (C=O) groups is 2. The molecule has 2 saturated heterocycles. The fraction of sp³-hybridized carbons (Fsp3) is 0.600. The van der Waals surface area contributed by atoms with E-state index < -0.39 is 11.3 Å². The van der Waals surface area contributed by atoms with Gasteiger partial charge in [-0.15, -0.1) is 0 Å². The van der Waals surface area contributed by atoms with Crippen LogP contribution in [0.5, 0.6) is 5.75 Å². The van der Waals surface area contributed by atoms with Gasteiger partial charge in [-0.05, 0) is 44.4 Å². The van der Waals surface area contributed by atoms with E-state index in [2.05, 4.69) is 18.7 Å². The molecule has 0 saturated carbocycles. The average Bonchev–Trinajstić information content (AvgIpc) is 2.62. The Bertz CT molecular complexity index is 650. The summed E-state index contributed by atoms with van der Waals surface area (Å²) in [5, 5.41) is 0. The second-order valence-corrected chi connectivity index (χ2v) is 7.56. The third-order valence-electron chi connectivity index (χ3n) is 5.63. The number of nitrogens with two attached hydrogens (primary N) is 1. The van der Waals surface area contributed by atoms with Gasteiger partial charge in [0.05, 0.1) is 18.4 Å². The molecule has 1 atom stereocenters. The van der Waals surface area contributed by atoms with Crippen LogP contribution in [0.4, 0.5) is 0 Å². The summed E-state index contributed by atoms with van der Waals surface area (Å²) < 4.78 is 11.1. The van der Waals surface area contributed by atoms with E-state index in [1.807, 2.05) is 24.3 Å². The molecule has 2 heterocycles. The Morgan fingerprint density at radius 2 is 1.92 bits per heavy atom. The van der Waals surface area contributed by atoms with Gasteiger partial charge < -0.3 is 20.1 Å². The Hall–Kier alpha value is -2.08. The van der Waals surface area contributed by atoms with Crippen molar-refractivity contribution in [1.29, 1.82) is 0 Å². The molecule has 3 rings (SSSR count). The fourth-order valence-electron chi connectivity index (χ4n) is 3.88. The van der Waals surface area contributed by atoms with E-state index in [9.17, 15) is 9.59 Å². The maximum atomic E-state index is 12.1. The van der Waals surface area contributed by atoms with Crippen LogP contribution in [-0.4, -0.2) is 48.6 Å². The summed E-state index contributed by atoms with van der Waals surface area (Å²) in [7, 11) is 0. The first kappa shape index (κ1) is 18.7. The molecule has 1 unspecified atom stereocenters. The topological polar surface area (TPSA) is 81.9 Å². The standard InChI is InChI=1S/C20H28N2O4/c1-14(2)22-10-7-17(8-11-22)26-16-5-3-15(4-6-16)20(19(21)24)9-12-25-18(23)13-20/h3-6,14,17H,7-13H2,1-2H3,(H2,21,24). The molecule has 26 heavy (non-hydrogen) atoms. The number of likely N-dealkylation sites (tertiary alicyclic amines) is 1. The number of ether oxygens (including phenoxy) is 2. The molecule has 142 valence electrons. The van der Waals surface area contributed by atoms with Crippen molar-refractivity contribution in [3.8, 4) is 5.75 Å². The predicted molar refractivity (Wildman–Crippen MR) is 97.9 cm³/mol. The minimum absolute atomic E-state index is 0.00377. The van der Waals surface area contributed by atoms with Gasteiger partial charge in [0, 0.05) is 25.6 Å². The summed E-state index contributed by atoms with van der Waals surface area (Å²) in [6.45, 7) is 6.75. The van der Waals surface area contributed by atoms with Crippen LogP contribution in [-0.2, 0) is 19.7 Å². The van der Waals surface area contributed by atoms with E-state index in [0.29, 0.717) is 12.5 Å². The highest BCUT2D eigenvalue weighted by molar-refractivity contribution is 5.92. The minimum Gasteiger partial charge on any atom is -0.490 e. The highest BCUT2D eigenvalue weighted by atomic mass is 16.5. The maximum absolute atomic E-state index is 12.1. The van der Waals surface area contributed by atoms with Crippen molar-refractivity contribution in [2.75, 3.05) is 19.7 Å². The van der Waals surface area contributed by atoms with Crippen molar-refractivity contribution in [3.63, 3.8) is 0 Å². The smallest absolute Gasteiger partial charge is 0.307 e. The first-order chi connectivity index (χ1) is 12.4. The van der Waals surface area contributed by atoms with Crippen molar-refractivity contribution in [3.05, 3.63) is 29.8 Å². The lowest BCUT2D eigenvalue weighted by Gasteiger charge is -2.35. The number of cyclic esters (lactones) is 1. The highest BCUT2D eigenvalue weighted by Gasteiger charge is 2.44. The van der Waals surface area contributed by atoms with Crippen molar-refractivity contribution >= 4 is 11.9 Å². The van der Waals surface area contributed by atoms with Crippen LogP contribution < -0.4 is 10.5 Å². The lowest BCUT2D eigenvalue weighted by atomic mass is 9.73. The first-order valence-corrected chi connectivity index (χ1v) is 9.37. The van der Waals surface area contributed by atoms with E-state index in [0.717, 1.165) is 37.2 Å². The van der Waals surface area contributed by atoms with Gasteiger partial charge in [0.25, 0.3) is 0 Å². The summed E-state index contributed by atoms with van der Waals surface area (Å²) in [6, 6.07) is 8.01. The number of primary amides is 1. The molecule has 2 fully saturated rings. The lowest BCUT2D eigenvalue weighted by molar-refractivity contribution is -0.153. The number of esters is 1. The second kappa shape index (κ2) is 7.66. The van der Waals surface area contributed by atoms with Gasteiger partial charge >= 0.3 is 5.97 Å². The lowest BCUT2D eigenvalue weighted by Crippen LogP contribution is -2.47. The molecule has 0 radical (unpaired) electrons. The molecule has 0 aromatic heterocycles. The summed E-state index contributed by atoms with van der Waals surface area (Å²) in [6.07, 6.45) is 2.65. The van der Waals surface area contributed by atoms with Gasteiger partial charge in [-0.3, -0.25) is 9.59 Å². The van der Waals surface area contributed by atoms with Crippen LogP contribution in [0.25, 0.3) is 0 Å². The zero-order valence-electron chi connectivity index (χ0n) is 15.6. The summed E-state index contributed by atoms with van der Waals surface area (Å²) in [5.41, 5.74) is 5.42. The number of rotatable bonds is 5. The number of hydrogen-bond acceptors (Lipinski definition) is 5. The number of amides is 1. The Kier molecular flexibility index (Phi) is 5.51. The summed E-state index contributed by atoms with van der Waals surface area (Å²) in [5.74, 6) is -0.0779. The van der Waals surface area contributed by atoms with Crippen LogP contribution in [0.1, 0.15) is 45.1 Å². The van der Waals surface area contributed by atoms with Crippen LogP contribution >= 0.6 is 0 Å². The molecule has 2 N–H and O–H groups in total. The minimum atomic E-state index is -0.976. The third-order valence-corrected chi connectivity index (χ3v) is 5.63. The zero-order chi connectivity index (χ0) is 18.7. The molecule has 2 aliphatic heterocycles. The van der Waals surface area contributed by atoms with E-state index in [-0.39, 0.29) is 25.1 Å². The number of benzene rings is 1. The van der Waals surface area contributed by atoms with Gasteiger partial charge in [-0.25, -0.2) is 0 Å². The van der Waals surface area contributed by atoms with Gasteiger partial charge in [0.2, 0.25) is 5.91 Å². The second-order valence-electron chi connectivity index (χ2n) is 7.56. The highest BCUT2D eigenvalue weighted by Crippen LogP contribution is 2.36. The molecular weight excluding hydrogens is 332 g/mol. The van der Waals surface area contributed by atoms with Crippen molar-refractivity contribution in [1.82, 2.24) is 4.90 Å². The Labute approximate surface area is 154 Å². The Balaban J connectivity index is 1.66. The van der Waals surface area contributed by atoms with E-state index >= 15 is 0 Å². The summed E-state index contributed by atoms with van der Waals surface area (Å²) in [4.78, 5) is 26.3. The van der Waals surface area contributed by atoms with Crippen molar-refractivity contribution < 1.29 is 19.1 Å². The number of piperidine rings is 1. The zero-order valence-corrected chi connectivity index (χ0v) is 15.6. The van der Waals surface area contributed by atoms with Crippen LogP contribution in [0, 0.1) is 0 Å². The largest absolute Gasteiger partial charge is 0.490 e. The molecule has 0 aliphatic carbocycles. The SMILES string of the molecule is CC(C)N1CCC(Oc2ccc(C3(C(N)=O)CCOC(=O)C3)cc2)CC1. The van der Waals surface area contributed by atoms with E-state index in [1.54, 1.807) is 0 Å². The van der Waals surface area contributed by atoms with E-state index in [4.69, 9.17) is 15.2 Å². The Morgan fingerprint density at radius 1 is 1.27 bits per heavy atom. The molecule has 1 aromatic carbocycles. The third kappa shape index (κ3) is 3.85. The van der Waals surface area contributed by atoms with Crippen LogP contribution in [0.3, 0.4) is 0 Å². The molecule has 6 nitrogen and oxygen atoms in total. The molecule has 0 spiro atoms. The van der Waals surface area contributed by atoms with Gasteiger partial charge in [0.1, 0.15) is 11.9 Å². The van der Waals surface area contributed by atoms with Crippen molar-refractivity contribution in [2.45, 2.75) is 57.1 Å². The molecule has 2 aliphatic rings. The van der Waals surface area contributed by atoms with Gasteiger partial charge in [-0.2, -0.15) is 0 Å². The molecular formula is C20H28N2O4. The van der Waals surface area contributed by atoms with Gasteiger partial charge in [-0.1, -0.05) is 12.1 Å². The average molecular weight is 360 g/mol. The van der Waals surface area contributed by atoms with E-state index in [1.165, 1.54) is 0 Å². The monoisotopic (exact) mass is 360 g/mol. The van der Waals surface area contributed by atoms with Crippen molar-refractivity contribution in [2.24, 2.45) is 5.73 Å². The van der Waals surface area contributed by atoms with Gasteiger partial charge in [0.15, 0.2) is 0 Å². The molecule has 1 amide bonds. The number of nitrogens with zero attached hydrogens (tertiary/aromatic N) is 1. The molecule has 1 aromatic rings. The predicted octanol–water partition coefficient (Wildman–Crippen LogP) is 2.00. The number of carbonyl (C=O) groups excluding carboxylic acids is 2.